The van der Waals surface area contributed by atoms with Crippen LogP contribution in [0.2, 0.25) is 0 Å². The van der Waals surface area contributed by atoms with Gasteiger partial charge < -0.3 is 23.8 Å². The normalized spacial score (nSPS) is 12.8. The van der Waals surface area contributed by atoms with E-state index < -0.39 is 17.2 Å². The number of aryl methyl sites for hydroxylation is 1. The highest BCUT2D eigenvalue weighted by Gasteiger charge is 2.37. The molecule has 45 heavy (non-hydrogen) atoms. The standard InChI is InChI=1S/C33H35N7O5/c1-21-12-13-23(19-35-21)20-40(6)29(41)24-16-25(27-34-14-15-43-27)36-26(17-24)28-38-39-30(44-28)33(5,18-22-10-8-7-9-11-22)37-31(42)45-32(2,3)4/h7-17,19H,18,20H2,1-6H3,(H,37,42). The lowest BCUT2D eigenvalue weighted by Gasteiger charge is -2.29. The lowest BCUT2D eigenvalue weighted by atomic mass is 9.92. The number of amides is 2. The van der Waals surface area contributed by atoms with Crippen molar-refractivity contribution in [2.45, 2.75) is 58.7 Å². The van der Waals surface area contributed by atoms with Crippen LogP contribution >= 0.6 is 0 Å². The molecule has 12 nitrogen and oxygen atoms in total. The van der Waals surface area contributed by atoms with Gasteiger partial charge in [0.2, 0.25) is 11.8 Å². The van der Waals surface area contributed by atoms with Gasteiger partial charge in [-0.2, -0.15) is 0 Å². The van der Waals surface area contributed by atoms with Crippen molar-refractivity contribution in [3.8, 4) is 23.2 Å². The number of nitrogens with one attached hydrogen (secondary N) is 1. The molecule has 4 heterocycles. The van der Waals surface area contributed by atoms with Crippen LogP contribution in [-0.2, 0) is 23.2 Å². The molecule has 12 heteroatoms. The molecule has 5 rings (SSSR count). The van der Waals surface area contributed by atoms with Crippen molar-refractivity contribution in [1.29, 1.82) is 0 Å². The van der Waals surface area contributed by atoms with E-state index in [1.54, 1.807) is 58.0 Å². The Bertz CT molecular complexity index is 1760. The Balaban J connectivity index is 1.50. The topological polar surface area (TPSA) is 149 Å². The molecule has 232 valence electrons. The van der Waals surface area contributed by atoms with E-state index >= 15 is 0 Å². The number of aromatic nitrogens is 5. The fourth-order valence-electron chi connectivity index (χ4n) is 4.64. The van der Waals surface area contributed by atoms with Crippen molar-refractivity contribution >= 4 is 12.0 Å². The quantitative estimate of drug-likeness (QED) is 0.219. The van der Waals surface area contributed by atoms with Crippen LogP contribution in [-0.4, -0.2) is 54.7 Å². The van der Waals surface area contributed by atoms with E-state index in [-0.39, 0.29) is 29.3 Å². The summed E-state index contributed by atoms with van der Waals surface area (Å²) in [6, 6.07) is 16.6. The first-order valence-corrected chi connectivity index (χ1v) is 14.4. The summed E-state index contributed by atoms with van der Waals surface area (Å²) in [6.45, 7) is 9.38. The van der Waals surface area contributed by atoms with Gasteiger partial charge in [0.05, 0.1) is 6.20 Å². The second-order valence-electron chi connectivity index (χ2n) is 12.0. The summed E-state index contributed by atoms with van der Waals surface area (Å²) in [5.74, 6) is 0.124. The molecule has 0 spiro atoms. The average Bonchev–Trinajstić information content (AvgIpc) is 3.71. The maximum absolute atomic E-state index is 13.6. The van der Waals surface area contributed by atoms with Gasteiger partial charge in [0.25, 0.3) is 11.8 Å². The van der Waals surface area contributed by atoms with Crippen molar-refractivity contribution in [2.24, 2.45) is 0 Å². The van der Waals surface area contributed by atoms with Crippen LogP contribution in [0.1, 0.15) is 60.8 Å². The van der Waals surface area contributed by atoms with E-state index in [0.29, 0.717) is 24.2 Å². The van der Waals surface area contributed by atoms with Crippen molar-refractivity contribution in [3.05, 3.63) is 102 Å². The van der Waals surface area contributed by atoms with Crippen LogP contribution in [0.3, 0.4) is 0 Å². The van der Waals surface area contributed by atoms with Gasteiger partial charge in [0.1, 0.15) is 28.8 Å². The molecular weight excluding hydrogens is 574 g/mol. The van der Waals surface area contributed by atoms with E-state index in [0.717, 1.165) is 16.8 Å². The zero-order valence-corrected chi connectivity index (χ0v) is 26.1. The number of pyridine rings is 2. The highest BCUT2D eigenvalue weighted by molar-refractivity contribution is 5.95. The Hall–Kier alpha value is -5.39. The summed E-state index contributed by atoms with van der Waals surface area (Å²) >= 11 is 0. The van der Waals surface area contributed by atoms with Gasteiger partial charge >= 0.3 is 6.09 Å². The van der Waals surface area contributed by atoms with Crippen molar-refractivity contribution in [1.82, 2.24) is 35.4 Å². The zero-order valence-electron chi connectivity index (χ0n) is 26.1. The minimum absolute atomic E-state index is 0.0446. The summed E-state index contributed by atoms with van der Waals surface area (Å²) in [6.07, 6.45) is 4.35. The van der Waals surface area contributed by atoms with Crippen LogP contribution in [0.25, 0.3) is 23.2 Å². The van der Waals surface area contributed by atoms with E-state index in [2.05, 4.69) is 30.5 Å². The molecule has 1 unspecified atom stereocenters. The third-order valence-corrected chi connectivity index (χ3v) is 6.76. The molecule has 2 amide bonds. The fourth-order valence-corrected chi connectivity index (χ4v) is 4.64. The predicted molar refractivity (Wildman–Crippen MR) is 165 cm³/mol. The SMILES string of the molecule is Cc1ccc(CN(C)C(=O)c2cc(-c3ncco3)nc(-c3nnc(C(C)(Cc4ccccc4)NC(=O)OC(C)(C)C)o3)c2)cn1. The van der Waals surface area contributed by atoms with Crippen molar-refractivity contribution in [3.63, 3.8) is 0 Å². The van der Waals surface area contributed by atoms with Crippen molar-refractivity contribution < 1.29 is 23.2 Å². The summed E-state index contributed by atoms with van der Waals surface area (Å²) in [7, 11) is 1.70. The van der Waals surface area contributed by atoms with Crippen LogP contribution in [0.5, 0.6) is 0 Å². The number of nitrogens with zero attached hydrogens (tertiary/aromatic N) is 6. The number of ether oxygens (including phenoxy) is 1. The molecule has 1 atom stereocenters. The summed E-state index contributed by atoms with van der Waals surface area (Å²) in [5.41, 5.74) is 1.71. The first-order chi connectivity index (χ1) is 21.4. The highest BCUT2D eigenvalue weighted by Crippen LogP contribution is 2.30. The molecule has 0 saturated carbocycles. The molecule has 0 aliphatic heterocycles. The Kier molecular flexibility index (Phi) is 8.75. The van der Waals surface area contributed by atoms with E-state index in [4.69, 9.17) is 13.6 Å². The van der Waals surface area contributed by atoms with Gasteiger partial charge in [0, 0.05) is 37.5 Å². The second-order valence-corrected chi connectivity index (χ2v) is 12.0. The maximum Gasteiger partial charge on any atom is 0.408 e. The second kappa shape index (κ2) is 12.7. The Labute approximate surface area is 260 Å². The monoisotopic (exact) mass is 609 g/mol. The number of rotatable bonds is 9. The van der Waals surface area contributed by atoms with Gasteiger partial charge in [0.15, 0.2) is 0 Å². The number of oxazole rings is 1. The molecule has 0 radical (unpaired) electrons. The third kappa shape index (κ3) is 7.77. The summed E-state index contributed by atoms with van der Waals surface area (Å²) in [4.78, 5) is 41.3. The summed E-state index contributed by atoms with van der Waals surface area (Å²) < 4.78 is 17.2. The molecule has 0 aliphatic rings. The minimum atomic E-state index is -1.14. The zero-order chi connectivity index (χ0) is 32.2. The van der Waals surface area contributed by atoms with Crippen LogP contribution in [0, 0.1) is 6.92 Å². The van der Waals surface area contributed by atoms with Gasteiger partial charge in [-0.3, -0.25) is 9.78 Å². The molecule has 4 aromatic heterocycles. The Morgan fingerprint density at radius 3 is 2.31 bits per heavy atom. The number of hydrogen-bond acceptors (Lipinski definition) is 10. The third-order valence-electron chi connectivity index (χ3n) is 6.76. The number of carbonyl (C=O) groups is 2. The highest BCUT2D eigenvalue weighted by atomic mass is 16.6. The minimum Gasteiger partial charge on any atom is -0.444 e. The molecular formula is C33H35N7O5. The number of alkyl carbamates (subject to hydrolysis) is 1. The number of hydrogen-bond donors (Lipinski definition) is 1. The first-order valence-electron chi connectivity index (χ1n) is 14.4. The van der Waals surface area contributed by atoms with Gasteiger partial charge in [-0.05, 0) is 63.9 Å². The van der Waals surface area contributed by atoms with Crippen molar-refractivity contribution in [2.75, 3.05) is 7.05 Å². The maximum atomic E-state index is 13.6. The molecule has 1 N–H and O–H groups in total. The van der Waals surface area contributed by atoms with E-state index in [9.17, 15) is 9.59 Å². The molecule has 0 bridgehead atoms. The summed E-state index contributed by atoms with van der Waals surface area (Å²) in [5, 5.41) is 11.5. The lowest BCUT2D eigenvalue weighted by molar-refractivity contribution is 0.0443. The van der Waals surface area contributed by atoms with Gasteiger partial charge in [-0.1, -0.05) is 36.4 Å². The number of benzene rings is 1. The smallest absolute Gasteiger partial charge is 0.408 e. The molecule has 5 aromatic rings. The number of carbonyl (C=O) groups excluding carboxylic acids is 2. The Morgan fingerprint density at radius 2 is 1.67 bits per heavy atom. The fraction of sp³-hybridized carbons (Fsp3) is 0.303. The average molecular weight is 610 g/mol. The van der Waals surface area contributed by atoms with Crippen LogP contribution < -0.4 is 5.32 Å². The molecule has 0 saturated heterocycles. The Morgan fingerprint density at radius 1 is 0.933 bits per heavy atom. The van der Waals surface area contributed by atoms with E-state index in [1.165, 1.54) is 12.5 Å². The molecule has 1 aromatic carbocycles. The lowest BCUT2D eigenvalue weighted by Crippen LogP contribution is -2.47. The first kappa shape index (κ1) is 31.0. The van der Waals surface area contributed by atoms with Crippen LogP contribution in [0.15, 0.2) is 82.1 Å². The largest absolute Gasteiger partial charge is 0.444 e. The van der Waals surface area contributed by atoms with E-state index in [1.807, 2.05) is 49.4 Å². The molecule has 0 fully saturated rings. The van der Waals surface area contributed by atoms with Gasteiger partial charge in [-0.15, -0.1) is 10.2 Å². The molecule has 0 aliphatic carbocycles. The van der Waals surface area contributed by atoms with Crippen LogP contribution in [0.4, 0.5) is 4.79 Å². The van der Waals surface area contributed by atoms with Gasteiger partial charge in [-0.25, -0.2) is 14.8 Å². The predicted octanol–water partition coefficient (Wildman–Crippen LogP) is 5.74.